The molecule has 1 unspecified atom stereocenters. The SMILES string of the molecule is Cc1cc(C(C)CCc2cc(-c3ccc(C(F)(F)F)cc3)nn2C(C)C)ccc1OCC(=O)O. The molecule has 3 rings (SSSR count). The second kappa shape index (κ2) is 10.3. The molecule has 34 heavy (non-hydrogen) atoms. The first kappa shape index (κ1) is 25.3. The summed E-state index contributed by atoms with van der Waals surface area (Å²) in [5, 5.41) is 13.4. The smallest absolute Gasteiger partial charge is 0.416 e. The quantitative estimate of drug-likeness (QED) is 0.377. The van der Waals surface area contributed by atoms with Gasteiger partial charge in [-0.1, -0.05) is 31.2 Å². The van der Waals surface area contributed by atoms with E-state index in [4.69, 9.17) is 9.84 Å². The first-order chi connectivity index (χ1) is 16.0. The Hall–Kier alpha value is -3.29. The van der Waals surface area contributed by atoms with Gasteiger partial charge in [0.05, 0.1) is 11.3 Å². The molecule has 1 atom stereocenters. The molecule has 8 heteroatoms. The number of aryl methyl sites for hydroxylation is 2. The number of carbonyl (C=O) groups is 1. The molecular formula is C26H29F3N2O3. The van der Waals surface area contributed by atoms with Crippen molar-refractivity contribution in [1.82, 2.24) is 9.78 Å². The lowest BCUT2D eigenvalue weighted by atomic mass is 9.94. The van der Waals surface area contributed by atoms with Crippen LogP contribution in [0.2, 0.25) is 0 Å². The van der Waals surface area contributed by atoms with Crippen molar-refractivity contribution in [2.24, 2.45) is 0 Å². The van der Waals surface area contributed by atoms with Crippen molar-refractivity contribution >= 4 is 5.97 Å². The summed E-state index contributed by atoms with van der Waals surface area (Å²) in [5.74, 6) is -0.232. The van der Waals surface area contributed by atoms with Crippen molar-refractivity contribution in [3.8, 4) is 17.0 Å². The Morgan fingerprint density at radius 2 is 1.76 bits per heavy atom. The number of carboxylic acids is 1. The van der Waals surface area contributed by atoms with Gasteiger partial charge in [0, 0.05) is 17.3 Å². The van der Waals surface area contributed by atoms with E-state index in [-0.39, 0.29) is 18.6 Å². The third-order valence-electron chi connectivity index (χ3n) is 5.76. The van der Waals surface area contributed by atoms with E-state index in [1.165, 1.54) is 12.1 Å². The van der Waals surface area contributed by atoms with Crippen LogP contribution in [-0.4, -0.2) is 27.5 Å². The molecule has 1 N–H and O–H groups in total. The Morgan fingerprint density at radius 3 is 2.32 bits per heavy atom. The summed E-state index contributed by atoms with van der Waals surface area (Å²) in [6, 6.07) is 12.9. The average Bonchev–Trinajstić information content (AvgIpc) is 3.20. The second-order valence-corrected chi connectivity index (χ2v) is 8.78. The largest absolute Gasteiger partial charge is 0.482 e. The van der Waals surface area contributed by atoms with Crippen molar-refractivity contribution in [1.29, 1.82) is 0 Å². The van der Waals surface area contributed by atoms with Gasteiger partial charge in [-0.25, -0.2) is 4.79 Å². The Kier molecular flexibility index (Phi) is 7.69. The summed E-state index contributed by atoms with van der Waals surface area (Å²) in [7, 11) is 0. The maximum Gasteiger partial charge on any atom is 0.416 e. The molecule has 5 nitrogen and oxygen atoms in total. The Morgan fingerprint density at radius 1 is 1.09 bits per heavy atom. The van der Waals surface area contributed by atoms with Gasteiger partial charge >= 0.3 is 12.1 Å². The first-order valence-corrected chi connectivity index (χ1v) is 11.2. The van der Waals surface area contributed by atoms with E-state index in [1.54, 1.807) is 6.07 Å². The van der Waals surface area contributed by atoms with E-state index in [0.717, 1.165) is 41.8 Å². The molecular weight excluding hydrogens is 445 g/mol. The molecule has 0 aliphatic carbocycles. The zero-order valence-electron chi connectivity index (χ0n) is 19.7. The lowest BCUT2D eigenvalue weighted by Crippen LogP contribution is -2.10. The number of ether oxygens (including phenoxy) is 1. The van der Waals surface area contributed by atoms with Crippen LogP contribution in [0.3, 0.4) is 0 Å². The van der Waals surface area contributed by atoms with Crippen molar-refractivity contribution in [3.05, 3.63) is 70.9 Å². The number of nitrogens with zero attached hydrogens (tertiary/aromatic N) is 2. The lowest BCUT2D eigenvalue weighted by molar-refractivity contribution is -0.139. The Labute approximate surface area is 197 Å². The highest BCUT2D eigenvalue weighted by atomic mass is 19.4. The van der Waals surface area contributed by atoms with E-state index in [9.17, 15) is 18.0 Å². The summed E-state index contributed by atoms with van der Waals surface area (Å²) in [4.78, 5) is 10.7. The van der Waals surface area contributed by atoms with Crippen LogP contribution in [0.5, 0.6) is 5.75 Å². The molecule has 0 amide bonds. The van der Waals surface area contributed by atoms with Gasteiger partial charge in [0.15, 0.2) is 6.61 Å². The molecule has 1 aromatic heterocycles. The van der Waals surface area contributed by atoms with Crippen LogP contribution >= 0.6 is 0 Å². The minimum absolute atomic E-state index is 0.112. The van der Waals surface area contributed by atoms with Crippen molar-refractivity contribution < 1.29 is 27.8 Å². The van der Waals surface area contributed by atoms with Gasteiger partial charge < -0.3 is 9.84 Å². The van der Waals surface area contributed by atoms with Crippen LogP contribution in [0.25, 0.3) is 11.3 Å². The van der Waals surface area contributed by atoms with Gasteiger partial charge in [-0.2, -0.15) is 18.3 Å². The zero-order valence-corrected chi connectivity index (χ0v) is 19.7. The van der Waals surface area contributed by atoms with Gasteiger partial charge in [0.2, 0.25) is 0 Å². The summed E-state index contributed by atoms with van der Waals surface area (Å²) in [6.45, 7) is 7.68. The maximum atomic E-state index is 12.9. The first-order valence-electron chi connectivity index (χ1n) is 11.2. The third-order valence-corrected chi connectivity index (χ3v) is 5.76. The van der Waals surface area contributed by atoms with E-state index >= 15 is 0 Å². The lowest BCUT2D eigenvalue weighted by Gasteiger charge is -2.16. The van der Waals surface area contributed by atoms with E-state index in [0.29, 0.717) is 17.0 Å². The molecule has 182 valence electrons. The van der Waals surface area contributed by atoms with Gasteiger partial charge in [-0.15, -0.1) is 0 Å². The predicted octanol–water partition coefficient (Wildman–Crippen LogP) is 6.66. The number of carboxylic acid groups (broad SMARTS) is 1. The molecule has 0 fully saturated rings. The number of halogens is 3. The van der Waals surface area contributed by atoms with Crippen LogP contribution in [0.15, 0.2) is 48.5 Å². The zero-order chi connectivity index (χ0) is 25.0. The summed E-state index contributed by atoms with van der Waals surface area (Å²) in [5.41, 5.74) is 3.65. The summed E-state index contributed by atoms with van der Waals surface area (Å²) in [6.07, 6.45) is -2.76. The van der Waals surface area contributed by atoms with Gasteiger partial charge in [-0.3, -0.25) is 4.68 Å². The number of benzene rings is 2. The number of aliphatic carboxylic acids is 1. The van der Waals surface area contributed by atoms with Crippen LogP contribution < -0.4 is 4.74 Å². The maximum absolute atomic E-state index is 12.9. The topological polar surface area (TPSA) is 64.4 Å². The highest BCUT2D eigenvalue weighted by Gasteiger charge is 2.30. The number of rotatable bonds is 9. The minimum Gasteiger partial charge on any atom is -0.482 e. The number of hydrogen-bond acceptors (Lipinski definition) is 3. The van der Waals surface area contributed by atoms with Crippen LogP contribution in [0, 0.1) is 6.92 Å². The number of alkyl halides is 3. The summed E-state index contributed by atoms with van der Waals surface area (Å²) >= 11 is 0. The molecule has 0 radical (unpaired) electrons. The predicted molar refractivity (Wildman–Crippen MR) is 124 cm³/mol. The van der Waals surface area contributed by atoms with Gasteiger partial charge in [0.1, 0.15) is 5.75 Å². The average molecular weight is 475 g/mol. The fourth-order valence-corrected chi connectivity index (χ4v) is 3.85. The van der Waals surface area contributed by atoms with Crippen molar-refractivity contribution in [3.63, 3.8) is 0 Å². The van der Waals surface area contributed by atoms with E-state index < -0.39 is 17.7 Å². The summed E-state index contributed by atoms with van der Waals surface area (Å²) < 4.78 is 45.9. The highest BCUT2D eigenvalue weighted by Crippen LogP contribution is 2.32. The van der Waals surface area contributed by atoms with Gasteiger partial charge in [-0.05, 0) is 74.9 Å². The van der Waals surface area contributed by atoms with Crippen molar-refractivity contribution in [2.75, 3.05) is 6.61 Å². The number of aromatic nitrogens is 2. The van der Waals surface area contributed by atoms with Crippen LogP contribution in [-0.2, 0) is 17.4 Å². The second-order valence-electron chi connectivity index (χ2n) is 8.78. The Bertz CT molecular complexity index is 1140. The molecule has 2 aromatic carbocycles. The standard InChI is InChI=1S/C26H29F3N2O3/c1-16(2)31-22(14-23(30-31)19-6-9-21(10-7-19)26(27,28)29)11-5-17(3)20-8-12-24(18(4)13-20)34-15-25(32)33/h6-10,12-14,16-17H,5,11,15H2,1-4H3,(H,32,33). The van der Waals surface area contributed by atoms with Crippen molar-refractivity contribution in [2.45, 2.75) is 58.7 Å². The Balaban J connectivity index is 1.73. The molecule has 0 spiro atoms. The fourth-order valence-electron chi connectivity index (χ4n) is 3.85. The number of hydrogen-bond donors (Lipinski definition) is 1. The molecule has 1 heterocycles. The molecule has 0 saturated heterocycles. The monoisotopic (exact) mass is 474 g/mol. The van der Waals surface area contributed by atoms with Gasteiger partial charge in [0.25, 0.3) is 0 Å². The fraction of sp³-hybridized carbons (Fsp3) is 0.385. The molecule has 0 aliphatic heterocycles. The molecule has 3 aromatic rings. The minimum atomic E-state index is -4.37. The van der Waals surface area contributed by atoms with Crippen LogP contribution in [0.4, 0.5) is 13.2 Å². The van der Waals surface area contributed by atoms with Crippen LogP contribution in [0.1, 0.15) is 61.5 Å². The van der Waals surface area contributed by atoms with E-state index in [1.807, 2.05) is 43.7 Å². The molecule has 0 bridgehead atoms. The molecule has 0 aliphatic rings. The highest BCUT2D eigenvalue weighted by molar-refractivity contribution is 5.68. The normalized spacial score (nSPS) is 12.7. The third kappa shape index (κ3) is 6.18. The van der Waals surface area contributed by atoms with E-state index in [2.05, 4.69) is 12.0 Å². The molecule has 0 saturated carbocycles.